The molecule has 2 heterocycles. The number of thiophene rings is 1. The first-order chi connectivity index (χ1) is 11.9. The summed E-state index contributed by atoms with van der Waals surface area (Å²) in [6, 6.07) is 9.58. The van der Waals surface area contributed by atoms with Gasteiger partial charge >= 0.3 is 5.97 Å². The normalized spacial score (nSPS) is 16.8. The second-order valence-electron chi connectivity index (χ2n) is 6.13. The fraction of sp³-hybridized carbons (Fsp3) is 0.353. The van der Waals surface area contributed by atoms with Crippen LogP contribution in [-0.4, -0.2) is 54.9 Å². The summed E-state index contributed by atoms with van der Waals surface area (Å²) in [5.74, 6) is -1.11. The lowest BCUT2D eigenvalue weighted by atomic mass is 10.1. The van der Waals surface area contributed by atoms with E-state index in [1.165, 1.54) is 26.9 Å². The molecule has 134 valence electrons. The zero-order valence-corrected chi connectivity index (χ0v) is 15.5. The Morgan fingerprint density at radius 3 is 2.36 bits per heavy atom. The van der Waals surface area contributed by atoms with Crippen molar-refractivity contribution in [1.82, 2.24) is 9.21 Å². The van der Waals surface area contributed by atoms with Gasteiger partial charge in [0, 0.05) is 38.1 Å². The van der Waals surface area contributed by atoms with Gasteiger partial charge in [-0.3, -0.25) is 4.90 Å². The van der Waals surface area contributed by atoms with Crippen molar-refractivity contribution in [3.63, 3.8) is 0 Å². The van der Waals surface area contributed by atoms with Crippen LogP contribution in [0.5, 0.6) is 0 Å². The number of aryl methyl sites for hydroxylation is 1. The van der Waals surface area contributed by atoms with Gasteiger partial charge in [0.1, 0.15) is 4.21 Å². The van der Waals surface area contributed by atoms with Gasteiger partial charge < -0.3 is 5.11 Å². The minimum atomic E-state index is -3.61. The highest BCUT2D eigenvalue weighted by atomic mass is 32.2. The molecule has 1 saturated heterocycles. The predicted molar refractivity (Wildman–Crippen MR) is 96.5 cm³/mol. The first kappa shape index (κ1) is 18.1. The Kier molecular flexibility index (Phi) is 5.24. The maximum atomic E-state index is 12.7. The highest BCUT2D eigenvalue weighted by Gasteiger charge is 2.30. The first-order valence-corrected chi connectivity index (χ1v) is 10.3. The summed E-state index contributed by atoms with van der Waals surface area (Å²) in [5, 5.41) is 10.3. The van der Waals surface area contributed by atoms with Crippen molar-refractivity contribution in [2.75, 3.05) is 26.2 Å². The molecule has 0 aliphatic carbocycles. The van der Waals surface area contributed by atoms with E-state index < -0.39 is 16.0 Å². The number of carboxylic acid groups (broad SMARTS) is 1. The molecule has 25 heavy (non-hydrogen) atoms. The number of hydrogen-bond donors (Lipinski definition) is 1. The van der Waals surface area contributed by atoms with Gasteiger partial charge in [0.2, 0.25) is 0 Å². The average molecular weight is 380 g/mol. The summed E-state index contributed by atoms with van der Waals surface area (Å²) < 4.78 is 26.8. The van der Waals surface area contributed by atoms with Gasteiger partial charge in [-0.1, -0.05) is 29.8 Å². The molecule has 6 nitrogen and oxygen atoms in total. The maximum absolute atomic E-state index is 12.7. The topological polar surface area (TPSA) is 77.9 Å². The van der Waals surface area contributed by atoms with Crippen LogP contribution in [0.2, 0.25) is 0 Å². The van der Waals surface area contributed by atoms with E-state index in [4.69, 9.17) is 5.11 Å². The monoisotopic (exact) mass is 380 g/mol. The second-order valence-corrected chi connectivity index (χ2v) is 9.20. The van der Waals surface area contributed by atoms with Gasteiger partial charge in [-0.05, 0) is 18.6 Å². The summed E-state index contributed by atoms with van der Waals surface area (Å²) in [7, 11) is -3.61. The van der Waals surface area contributed by atoms with Crippen LogP contribution in [-0.2, 0) is 16.6 Å². The zero-order valence-electron chi connectivity index (χ0n) is 13.9. The largest absolute Gasteiger partial charge is 0.478 e. The SMILES string of the molecule is Cc1ccc(CN2CCN(S(=O)(=O)c3cc(C(=O)O)cs3)CC2)cc1. The van der Waals surface area contributed by atoms with Gasteiger partial charge in [0.25, 0.3) is 10.0 Å². The summed E-state index contributed by atoms with van der Waals surface area (Å²) in [6.45, 7) is 4.99. The van der Waals surface area contributed by atoms with E-state index in [1.807, 2.05) is 6.92 Å². The number of piperazine rings is 1. The minimum absolute atomic E-state index is 0.0154. The Hall–Kier alpha value is -1.74. The van der Waals surface area contributed by atoms with Gasteiger partial charge in [-0.15, -0.1) is 11.3 Å². The molecule has 1 aliphatic rings. The summed E-state index contributed by atoms with van der Waals surface area (Å²) in [5.41, 5.74) is 2.45. The molecule has 0 bridgehead atoms. The molecule has 0 spiro atoms. The van der Waals surface area contributed by atoms with E-state index in [9.17, 15) is 13.2 Å². The average Bonchev–Trinajstić information content (AvgIpc) is 3.09. The molecule has 0 amide bonds. The summed E-state index contributed by atoms with van der Waals surface area (Å²) in [4.78, 5) is 13.2. The first-order valence-electron chi connectivity index (χ1n) is 7.96. The third-order valence-electron chi connectivity index (χ3n) is 4.27. The molecule has 1 aromatic heterocycles. The van der Waals surface area contributed by atoms with Crippen molar-refractivity contribution < 1.29 is 18.3 Å². The van der Waals surface area contributed by atoms with Crippen LogP contribution in [0.25, 0.3) is 0 Å². The molecular weight excluding hydrogens is 360 g/mol. The number of carbonyl (C=O) groups is 1. The van der Waals surface area contributed by atoms with Crippen LogP contribution in [0.15, 0.2) is 39.9 Å². The van der Waals surface area contributed by atoms with Crippen molar-refractivity contribution in [1.29, 1.82) is 0 Å². The van der Waals surface area contributed by atoms with E-state index in [2.05, 4.69) is 29.2 Å². The molecule has 1 aromatic carbocycles. The molecule has 2 aromatic rings. The van der Waals surface area contributed by atoms with E-state index in [0.29, 0.717) is 26.2 Å². The molecular formula is C17H20N2O4S2. The highest BCUT2D eigenvalue weighted by molar-refractivity contribution is 7.91. The lowest BCUT2D eigenvalue weighted by molar-refractivity contribution is 0.0697. The molecule has 0 unspecified atom stereocenters. The molecule has 0 radical (unpaired) electrons. The highest BCUT2D eigenvalue weighted by Crippen LogP contribution is 2.25. The van der Waals surface area contributed by atoms with Gasteiger partial charge in [-0.2, -0.15) is 4.31 Å². The van der Waals surface area contributed by atoms with Crippen LogP contribution >= 0.6 is 11.3 Å². The van der Waals surface area contributed by atoms with Gasteiger partial charge in [-0.25, -0.2) is 13.2 Å². The number of sulfonamides is 1. The van der Waals surface area contributed by atoms with E-state index >= 15 is 0 Å². The summed E-state index contributed by atoms with van der Waals surface area (Å²) in [6.07, 6.45) is 0. The van der Waals surface area contributed by atoms with Crippen LogP contribution in [0.1, 0.15) is 21.5 Å². The Bertz CT molecular complexity index is 851. The third kappa shape index (κ3) is 4.09. The lowest BCUT2D eigenvalue weighted by Crippen LogP contribution is -2.48. The van der Waals surface area contributed by atoms with Gasteiger partial charge in [0.05, 0.1) is 5.56 Å². The number of hydrogen-bond acceptors (Lipinski definition) is 5. The van der Waals surface area contributed by atoms with Crippen LogP contribution in [0.4, 0.5) is 0 Å². The van der Waals surface area contributed by atoms with Crippen molar-refractivity contribution >= 4 is 27.3 Å². The zero-order chi connectivity index (χ0) is 18.0. The maximum Gasteiger partial charge on any atom is 0.336 e. The number of rotatable bonds is 5. The Labute approximate surface area is 151 Å². The fourth-order valence-corrected chi connectivity index (χ4v) is 5.50. The predicted octanol–water partition coefficient (Wildman–Crippen LogP) is 2.26. The van der Waals surface area contributed by atoms with Crippen LogP contribution < -0.4 is 0 Å². The quantitative estimate of drug-likeness (QED) is 0.861. The van der Waals surface area contributed by atoms with Crippen LogP contribution in [0.3, 0.4) is 0 Å². The number of aromatic carboxylic acids is 1. The van der Waals surface area contributed by atoms with Crippen molar-refractivity contribution in [2.45, 2.75) is 17.7 Å². The molecule has 3 rings (SSSR count). The molecule has 0 atom stereocenters. The molecule has 1 aliphatic heterocycles. The number of carboxylic acids is 1. The van der Waals surface area contributed by atoms with E-state index in [1.54, 1.807) is 0 Å². The Balaban J connectivity index is 1.62. The molecule has 8 heteroatoms. The third-order valence-corrected chi connectivity index (χ3v) is 7.59. The fourth-order valence-electron chi connectivity index (χ4n) is 2.77. The smallest absolute Gasteiger partial charge is 0.336 e. The molecule has 1 fully saturated rings. The minimum Gasteiger partial charge on any atom is -0.478 e. The molecule has 0 saturated carbocycles. The van der Waals surface area contributed by atoms with E-state index in [-0.39, 0.29) is 9.77 Å². The number of nitrogens with zero attached hydrogens (tertiary/aromatic N) is 2. The van der Waals surface area contributed by atoms with Crippen molar-refractivity contribution in [2.24, 2.45) is 0 Å². The van der Waals surface area contributed by atoms with Crippen molar-refractivity contribution in [3.8, 4) is 0 Å². The number of benzene rings is 1. The van der Waals surface area contributed by atoms with Crippen LogP contribution in [0, 0.1) is 6.92 Å². The van der Waals surface area contributed by atoms with Gasteiger partial charge in [0.15, 0.2) is 0 Å². The standard InChI is InChI=1S/C17H20N2O4S2/c1-13-2-4-14(5-3-13)11-18-6-8-19(9-7-18)25(22,23)16-10-15(12-24-16)17(20)21/h2-5,10,12H,6-9,11H2,1H3,(H,20,21). The van der Waals surface area contributed by atoms with E-state index in [0.717, 1.165) is 17.9 Å². The lowest BCUT2D eigenvalue weighted by Gasteiger charge is -2.33. The second kappa shape index (κ2) is 7.25. The Morgan fingerprint density at radius 1 is 1.16 bits per heavy atom. The molecule has 1 N–H and O–H groups in total. The van der Waals surface area contributed by atoms with Crippen molar-refractivity contribution in [3.05, 3.63) is 52.4 Å². The summed E-state index contributed by atoms with van der Waals surface area (Å²) >= 11 is 0.959. The Morgan fingerprint density at radius 2 is 1.80 bits per heavy atom.